The Morgan fingerprint density at radius 3 is 2.84 bits per heavy atom. The predicted molar refractivity (Wildman–Crippen MR) is 83.8 cm³/mol. The van der Waals surface area contributed by atoms with E-state index < -0.39 is 31.2 Å². The lowest BCUT2D eigenvalue weighted by Crippen LogP contribution is -2.45. The number of piperidine rings is 1. The Balaban J connectivity index is 1.85. The van der Waals surface area contributed by atoms with E-state index in [-0.39, 0.29) is 12.5 Å². The van der Waals surface area contributed by atoms with Crippen LogP contribution >= 0.6 is 0 Å². The van der Waals surface area contributed by atoms with E-state index in [4.69, 9.17) is 0 Å². The fourth-order valence-corrected chi connectivity index (χ4v) is 2.60. The van der Waals surface area contributed by atoms with Crippen molar-refractivity contribution in [2.45, 2.75) is 25.9 Å². The van der Waals surface area contributed by atoms with E-state index in [1.165, 1.54) is 4.90 Å². The van der Waals surface area contributed by atoms with Crippen molar-refractivity contribution in [3.05, 3.63) is 23.9 Å². The molecule has 1 fully saturated rings. The van der Waals surface area contributed by atoms with E-state index in [9.17, 15) is 22.8 Å². The minimum Gasteiger partial charge on any atom is -0.362 e. The van der Waals surface area contributed by atoms with Gasteiger partial charge in [-0.25, -0.2) is 4.98 Å². The van der Waals surface area contributed by atoms with Gasteiger partial charge in [0.1, 0.15) is 19.0 Å². The number of likely N-dealkylation sites (tertiary alicyclic amines) is 1. The number of anilines is 1. The summed E-state index contributed by atoms with van der Waals surface area (Å²) < 4.78 is 40.5. The predicted octanol–water partition coefficient (Wildman–Crippen LogP) is 2.15. The molecule has 0 radical (unpaired) electrons. The van der Waals surface area contributed by atoms with Crippen molar-refractivity contribution in [3.8, 4) is 0 Å². The number of amides is 2. The van der Waals surface area contributed by atoms with Crippen LogP contribution in [-0.4, -0.2) is 54.2 Å². The summed E-state index contributed by atoms with van der Waals surface area (Å²) in [5, 5.41) is 2.71. The Morgan fingerprint density at radius 1 is 1.40 bits per heavy atom. The quantitative estimate of drug-likeness (QED) is 0.874. The summed E-state index contributed by atoms with van der Waals surface area (Å²) in [4.78, 5) is 29.8. The first-order valence-corrected chi connectivity index (χ1v) is 7.91. The average Bonchev–Trinajstić information content (AvgIpc) is 2.53. The second-order valence-electron chi connectivity index (χ2n) is 5.94. The van der Waals surface area contributed by atoms with Gasteiger partial charge in [-0.15, -0.1) is 0 Å². The molecule has 1 N–H and O–H groups in total. The van der Waals surface area contributed by atoms with Crippen LogP contribution in [0.15, 0.2) is 18.2 Å². The first kappa shape index (κ1) is 19.2. The van der Waals surface area contributed by atoms with Gasteiger partial charge < -0.3 is 15.0 Å². The molecule has 0 aromatic carbocycles. The monoisotopic (exact) mass is 359 g/mol. The van der Waals surface area contributed by atoms with E-state index in [1.54, 1.807) is 25.1 Å². The number of pyridine rings is 1. The Kier molecular flexibility index (Phi) is 6.35. The van der Waals surface area contributed by atoms with E-state index in [2.05, 4.69) is 15.0 Å². The van der Waals surface area contributed by atoms with E-state index in [0.29, 0.717) is 25.2 Å². The van der Waals surface area contributed by atoms with Gasteiger partial charge in [-0.1, -0.05) is 6.07 Å². The van der Waals surface area contributed by atoms with Crippen molar-refractivity contribution in [1.82, 2.24) is 9.88 Å². The molecule has 138 valence electrons. The summed E-state index contributed by atoms with van der Waals surface area (Å²) in [6, 6.07) is 5.24. The van der Waals surface area contributed by atoms with Crippen molar-refractivity contribution in [3.63, 3.8) is 0 Å². The van der Waals surface area contributed by atoms with Crippen molar-refractivity contribution < 1.29 is 27.5 Å². The third-order valence-electron chi connectivity index (χ3n) is 3.78. The fourth-order valence-electron chi connectivity index (χ4n) is 2.60. The Hall–Kier alpha value is -2.16. The number of alkyl halides is 3. The van der Waals surface area contributed by atoms with Crippen LogP contribution in [0.1, 0.15) is 18.5 Å². The van der Waals surface area contributed by atoms with Gasteiger partial charge in [0.15, 0.2) is 0 Å². The average molecular weight is 359 g/mol. The first-order valence-electron chi connectivity index (χ1n) is 7.91. The molecule has 9 heteroatoms. The van der Waals surface area contributed by atoms with Crippen LogP contribution in [0.25, 0.3) is 0 Å². The number of hydrogen-bond acceptors (Lipinski definition) is 4. The Labute approximate surface area is 143 Å². The Morgan fingerprint density at radius 2 is 2.16 bits per heavy atom. The molecule has 1 atom stereocenters. The van der Waals surface area contributed by atoms with Crippen molar-refractivity contribution in [2.75, 3.05) is 31.6 Å². The molecule has 1 saturated heterocycles. The zero-order chi connectivity index (χ0) is 18.4. The number of nitrogens with zero attached hydrogens (tertiary/aromatic N) is 2. The topological polar surface area (TPSA) is 71.5 Å². The number of aryl methyl sites for hydroxylation is 1. The van der Waals surface area contributed by atoms with E-state index in [0.717, 1.165) is 5.69 Å². The van der Waals surface area contributed by atoms with Crippen LogP contribution in [0.4, 0.5) is 19.0 Å². The van der Waals surface area contributed by atoms with Gasteiger partial charge in [-0.3, -0.25) is 9.59 Å². The summed E-state index contributed by atoms with van der Waals surface area (Å²) in [7, 11) is 0. The molecule has 0 saturated carbocycles. The number of aromatic nitrogens is 1. The molecule has 0 spiro atoms. The third kappa shape index (κ3) is 6.33. The standard InChI is InChI=1S/C16H20F3N3O3/c1-11-4-2-6-13(20-11)21-15(24)12-5-3-7-22(8-12)14(23)9-25-10-16(17,18)19/h2,4,6,12H,3,5,7-10H2,1H3,(H,20,21,24). The zero-order valence-electron chi connectivity index (χ0n) is 13.8. The smallest absolute Gasteiger partial charge is 0.362 e. The maximum Gasteiger partial charge on any atom is 0.411 e. The second kappa shape index (κ2) is 8.28. The third-order valence-corrected chi connectivity index (χ3v) is 3.78. The number of halogens is 3. The molecular weight excluding hydrogens is 339 g/mol. The molecule has 0 aliphatic carbocycles. The first-order chi connectivity index (χ1) is 11.7. The molecule has 1 aliphatic rings. The van der Waals surface area contributed by atoms with Crippen LogP contribution in [0.5, 0.6) is 0 Å². The highest BCUT2D eigenvalue weighted by Gasteiger charge is 2.31. The minimum absolute atomic E-state index is 0.159. The lowest BCUT2D eigenvalue weighted by atomic mass is 9.97. The summed E-state index contributed by atoms with van der Waals surface area (Å²) in [5.74, 6) is -0.799. The van der Waals surface area contributed by atoms with Crippen LogP contribution < -0.4 is 5.32 Å². The summed E-state index contributed by atoms with van der Waals surface area (Å²) in [6.07, 6.45) is -3.26. The molecule has 1 aromatic heterocycles. The van der Waals surface area contributed by atoms with Gasteiger partial charge in [0, 0.05) is 18.8 Å². The molecule has 25 heavy (non-hydrogen) atoms. The molecule has 1 unspecified atom stereocenters. The fraction of sp³-hybridized carbons (Fsp3) is 0.562. The van der Waals surface area contributed by atoms with Crippen molar-refractivity contribution >= 4 is 17.6 Å². The van der Waals surface area contributed by atoms with Crippen molar-refractivity contribution in [1.29, 1.82) is 0 Å². The van der Waals surface area contributed by atoms with Gasteiger partial charge in [0.25, 0.3) is 0 Å². The van der Waals surface area contributed by atoms with Gasteiger partial charge in [0.05, 0.1) is 5.92 Å². The molecule has 6 nitrogen and oxygen atoms in total. The van der Waals surface area contributed by atoms with Crippen LogP contribution in [-0.2, 0) is 14.3 Å². The number of ether oxygens (including phenoxy) is 1. The second-order valence-corrected chi connectivity index (χ2v) is 5.94. The zero-order valence-corrected chi connectivity index (χ0v) is 13.8. The molecule has 2 heterocycles. The highest BCUT2D eigenvalue weighted by Crippen LogP contribution is 2.19. The number of hydrogen-bond donors (Lipinski definition) is 1. The highest BCUT2D eigenvalue weighted by atomic mass is 19.4. The van der Waals surface area contributed by atoms with Crippen LogP contribution in [0.2, 0.25) is 0 Å². The summed E-state index contributed by atoms with van der Waals surface area (Å²) in [5.41, 5.74) is 0.764. The number of nitrogens with one attached hydrogen (secondary N) is 1. The maximum atomic E-state index is 12.3. The molecule has 2 amide bonds. The molecule has 2 rings (SSSR count). The van der Waals surface area contributed by atoms with Crippen LogP contribution in [0, 0.1) is 12.8 Å². The Bertz CT molecular complexity index is 622. The maximum absolute atomic E-state index is 12.3. The SMILES string of the molecule is Cc1cccc(NC(=O)C2CCCN(C(=O)COCC(F)(F)F)C2)n1. The number of carbonyl (C=O) groups is 2. The number of rotatable bonds is 5. The van der Waals surface area contributed by atoms with Crippen molar-refractivity contribution in [2.24, 2.45) is 5.92 Å². The molecule has 1 aromatic rings. The molecular formula is C16H20F3N3O3. The molecule has 1 aliphatic heterocycles. The highest BCUT2D eigenvalue weighted by molar-refractivity contribution is 5.92. The van der Waals surface area contributed by atoms with Gasteiger partial charge in [-0.05, 0) is 31.9 Å². The van der Waals surface area contributed by atoms with Gasteiger partial charge >= 0.3 is 6.18 Å². The summed E-state index contributed by atoms with van der Waals surface area (Å²) >= 11 is 0. The summed E-state index contributed by atoms with van der Waals surface area (Å²) in [6.45, 7) is 0.257. The molecule has 0 bridgehead atoms. The largest absolute Gasteiger partial charge is 0.411 e. The van der Waals surface area contributed by atoms with Gasteiger partial charge in [-0.2, -0.15) is 13.2 Å². The van der Waals surface area contributed by atoms with Gasteiger partial charge in [0.2, 0.25) is 11.8 Å². The normalized spacial score (nSPS) is 18.1. The van der Waals surface area contributed by atoms with Crippen LogP contribution in [0.3, 0.4) is 0 Å². The lowest BCUT2D eigenvalue weighted by Gasteiger charge is -2.32. The number of carbonyl (C=O) groups excluding carboxylic acids is 2. The van der Waals surface area contributed by atoms with E-state index >= 15 is 0 Å². The lowest BCUT2D eigenvalue weighted by molar-refractivity contribution is -0.178. The van der Waals surface area contributed by atoms with E-state index in [1.807, 2.05) is 0 Å². The minimum atomic E-state index is -4.47.